The van der Waals surface area contributed by atoms with Gasteiger partial charge in [0.15, 0.2) is 0 Å². The fourth-order valence-electron chi connectivity index (χ4n) is 3.31. The van der Waals surface area contributed by atoms with Gasteiger partial charge in [0, 0.05) is 24.6 Å². The van der Waals surface area contributed by atoms with E-state index in [2.05, 4.69) is 15.3 Å². The van der Waals surface area contributed by atoms with Gasteiger partial charge >= 0.3 is 5.69 Å². The summed E-state index contributed by atoms with van der Waals surface area (Å²) in [7, 11) is 0. The lowest BCUT2D eigenvalue weighted by Gasteiger charge is -2.13. The Hall–Kier alpha value is -3.26. The number of nitrogens with one attached hydrogen (secondary N) is 2. The Morgan fingerprint density at radius 2 is 2.03 bits per heavy atom. The second-order valence-electron chi connectivity index (χ2n) is 6.89. The SMILES string of the molecule is CCn1c(=O)[nH]c2cc(C(=O)N[C@@H](C)Cc3nc4ccccc4s3)ccc2c1=O. The fraction of sp³-hybridized carbons (Fsp3) is 0.238. The zero-order valence-electron chi connectivity index (χ0n) is 16.1. The number of hydrogen-bond donors (Lipinski definition) is 2. The molecule has 0 spiro atoms. The summed E-state index contributed by atoms with van der Waals surface area (Å²) in [6, 6.07) is 12.5. The molecule has 0 saturated heterocycles. The molecule has 0 bridgehead atoms. The minimum atomic E-state index is -0.480. The first-order chi connectivity index (χ1) is 14.0. The van der Waals surface area contributed by atoms with E-state index in [4.69, 9.17) is 0 Å². The number of fused-ring (bicyclic) bond motifs is 2. The van der Waals surface area contributed by atoms with E-state index in [-0.39, 0.29) is 24.1 Å². The van der Waals surface area contributed by atoms with Crippen LogP contribution in [0.1, 0.15) is 29.2 Å². The molecule has 0 saturated carbocycles. The van der Waals surface area contributed by atoms with Crippen molar-refractivity contribution in [1.29, 1.82) is 0 Å². The minimum absolute atomic E-state index is 0.120. The number of aromatic nitrogens is 3. The van der Waals surface area contributed by atoms with E-state index < -0.39 is 5.69 Å². The predicted octanol–water partition coefficient (Wildman–Crippen LogP) is 2.68. The number of aromatic amines is 1. The maximum atomic E-state index is 12.7. The summed E-state index contributed by atoms with van der Waals surface area (Å²) in [4.78, 5) is 44.3. The normalized spacial score (nSPS) is 12.3. The average Bonchev–Trinajstić information content (AvgIpc) is 3.09. The molecule has 0 fully saturated rings. The third-order valence-corrected chi connectivity index (χ3v) is 5.82. The standard InChI is InChI=1S/C21H20N4O3S/c1-3-25-20(27)14-9-8-13(11-16(14)24-21(25)28)19(26)22-12(2)10-18-23-15-6-4-5-7-17(15)29-18/h4-9,11-12H,3,10H2,1-2H3,(H,22,26)(H,24,28)/t12-/m0/s1. The van der Waals surface area contributed by atoms with Crippen LogP contribution in [0.2, 0.25) is 0 Å². The first-order valence-corrected chi connectivity index (χ1v) is 10.2. The molecule has 0 aliphatic rings. The number of H-pyrrole nitrogens is 1. The quantitative estimate of drug-likeness (QED) is 0.531. The van der Waals surface area contributed by atoms with Gasteiger partial charge in [-0.05, 0) is 44.2 Å². The maximum Gasteiger partial charge on any atom is 0.328 e. The predicted molar refractivity (Wildman–Crippen MR) is 115 cm³/mol. The lowest BCUT2D eigenvalue weighted by atomic mass is 10.1. The molecule has 7 nitrogen and oxygen atoms in total. The van der Waals surface area contributed by atoms with Gasteiger partial charge in [0.05, 0.1) is 26.1 Å². The van der Waals surface area contributed by atoms with Crippen molar-refractivity contribution < 1.29 is 4.79 Å². The Labute approximate surface area is 170 Å². The van der Waals surface area contributed by atoms with Crippen LogP contribution in [0.25, 0.3) is 21.1 Å². The summed E-state index contributed by atoms with van der Waals surface area (Å²) in [5, 5.41) is 4.30. The molecule has 148 valence electrons. The lowest BCUT2D eigenvalue weighted by molar-refractivity contribution is 0.0940. The highest BCUT2D eigenvalue weighted by Crippen LogP contribution is 2.22. The number of rotatable bonds is 5. The third-order valence-electron chi connectivity index (χ3n) is 4.76. The molecular formula is C21H20N4O3S. The van der Waals surface area contributed by atoms with Crippen LogP contribution in [0.4, 0.5) is 0 Å². The molecule has 2 aromatic carbocycles. The van der Waals surface area contributed by atoms with E-state index in [0.29, 0.717) is 22.9 Å². The molecule has 2 aromatic heterocycles. The van der Waals surface area contributed by atoms with Crippen LogP contribution in [0.5, 0.6) is 0 Å². The molecule has 2 heterocycles. The number of carbonyl (C=O) groups excluding carboxylic acids is 1. The van der Waals surface area contributed by atoms with Crippen molar-refractivity contribution in [2.75, 3.05) is 0 Å². The lowest BCUT2D eigenvalue weighted by Crippen LogP contribution is -2.35. The van der Waals surface area contributed by atoms with Gasteiger partial charge in [0.1, 0.15) is 0 Å². The average molecular weight is 408 g/mol. The molecule has 0 aliphatic carbocycles. The highest BCUT2D eigenvalue weighted by Gasteiger charge is 2.14. The van der Waals surface area contributed by atoms with Gasteiger partial charge in [0.25, 0.3) is 11.5 Å². The largest absolute Gasteiger partial charge is 0.349 e. The third kappa shape index (κ3) is 3.71. The molecule has 0 aliphatic heterocycles. The summed E-state index contributed by atoms with van der Waals surface area (Å²) in [5.74, 6) is -0.263. The van der Waals surface area contributed by atoms with Crippen LogP contribution in [-0.2, 0) is 13.0 Å². The van der Waals surface area contributed by atoms with Gasteiger partial charge in [0.2, 0.25) is 0 Å². The van der Waals surface area contributed by atoms with E-state index in [1.807, 2.05) is 31.2 Å². The molecule has 29 heavy (non-hydrogen) atoms. The number of nitrogens with zero attached hydrogens (tertiary/aromatic N) is 2. The van der Waals surface area contributed by atoms with Crippen LogP contribution in [0, 0.1) is 0 Å². The molecule has 4 aromatic rings. The Morgan fingerprint density at radius 3 is 2.79 bits per heavy atom. The van der Waals surface area contributed by atoms with E-state index in [1.54, 1.807) is 30.4 Å². The smallest absolute Gasteiger partial charge is 0.328 e. The number of hydrogen-bond acceptors (Lipinski definition) is 5. The van der Waals surface area contributed by atoms with Crippen molar-refractivity contribution in [3.8, 4) is 0 Å². The van der Waals surface area contributed by atoms with Crippen LogP contribution in [0.15, 0.2) is 52.1 Å². The van der Waals surface area contributed by atoms with Gasteiger partial charge in [-0.25, -0.2) is 9.78 Å². The summed E-state index contributed by atoms with van der Waals surface area (Å²) in [6.07, 6.45) is 0.622. The van der Waals surface area contributed by atoms with Crippen molar-refractivity contribution in [3.05, 3.63) is 73.9 Å². The van der Waals surface area contributed by atoms with Gasteiger partial charge in [-0.15, -0.1) is 11.3 Å². The summed E-state index contributed by atoms with van der Waals surface area (Å²) in [6.45, 7) is 3.94. The molecule has 0 unspecified atom stereocenters. The molecule has 2 N–H and O–H groups in total. The van der Waals surface area contributed by atoms with Crippen LogP contribution in [0.3, 0.4) is 0 Å². The zero-order chi connectivity index (χ0) is 20.5. The van der Waals surface area contributed by atoms with Crippen molar-refractivity contribution >= 4 is 38.4 Å². The first kappa shape index (κ1) is 19.1. The van der Waals surface area contributed by atoms with Gasteiger partial charge in [-0.3, -0.25) is 14.2 Å². The topological polar surface area (TPSA) is 96.8 Å². The highest BCUT2D eigenvalue weighted by atomic mass is 32.1. The maximum absolute atomic E-state index is 12.7. The van der Waals surface area contributed by atoms with E-state index >= 15 is 0 Å². The number of amides is 1. The molecule has 4 rings (SSSR count). The molecule has 1 atom stereocenters. The Bertz CT molecular complexity index is 1300. The van der Waals surface area contributed by atoms with Crippen LogP contribution < -0.4 is 16.6 Å². The van der Waals surface area contributed by atoms with Gasteiger partial charge in [-0.1, -0.05) is 12.1 Å². The number of benzene rings is 2. The molecular weight excluding hydrogens is 388 g/mol. The van der Waals surface area contributed by atoms with E-state index in [9.17, 15) is 14.4 Å². The summed E-state index contributed by atoms with van der Waals surface area (Å²) >= 11 is 1.62. The van der Waals surface area contributed by atoms with Crippen molar-refractivity contribution in [2.24, 2.45) is 0 Å². The Morgan fingerprint density at radius 1 is 1.24 bits per heavy atom. The van der Waals surface area contributed by atoms with Gasteiger partial charge < -0.3 is 10.3 Å². The fourth-order valence-corrected chi connectivity index (χ4v) is 4.41. The second-order valence-corrected chi connectivity index (χ2v) is 8.01. The second kappa shape index (κ2) is 7.63. The zero-order valence-corrected chi connectivity index (χ0v) is 16.9. The van der Waals surface area contributed by atoms with Crippen LogP contribution >= 0.6 is 11.3 Å². The van der Waals surface area contributed by atoms with Crippen molar-refractivity contribution in [2.45, 2.75) is 32.9 Å². The van der Waals surface area contributed by atoms with Crippen molar-refractivity contribution in [1.82, 2.24) is 19.9 Å². The highest BCUT2D eigenvalue weighted by molar-refractivity contribution is 7.18. The minimum Gasteiger partial charge on any atom is -0.349 e. The molecule has 0 radical (unpaired) electrons. The Balaban J connectivity index is 1.53. The Kier molecular flexibility index (Phi) is 5.02. The number of thiazole rings is 1. The molecule has 8 heteroatoms. The summed E-state index contributed by atoms with van der Waals surface area (Å²) < 4.78 is 2.25. The molecule has 1 amide bonds. The number of para-hydroxylation sites is 1. The van der Waals surface area contributed by atoms with Crippen LogP contribution in [-0.4, -0.2) is 26.5 Å². The van der Waals surface area contributed by atoms with Crippen molar-refractivity contribution in [3.63, 3.8) is 0 Å². The summed E-state index contributed by atoms with van der Waals surface area (Å²) in [5.41, 5.74) is 0.866. The number of carbonyl (C=O) groups is 1. The van der Waals surface area contributed by atoms with Gasteiger partial charge in [-0.2, -0.15) is 0 Å². The monoisotopic (exact) mass is 408 g/mol. The van der Waals surface area contributed by atoms with E-state index in [1.165, 1.54) is 6.07 Å². The van der Waals surface area contributed by atoms with E-state index in [0.717, 1.165) is 19.8 Å². The first-order valence-electron chi connectivity index (χ1n) is 9.38.